The summed E-state index contributed by atoms with van der Waals surface area (Å²) in [5.74, 6) is 1.13. The third-order valence-corrected chi connectivity index (χ3v) is 9.02. The molecule has 5 aliphatic rings. The van der Waals surface area contributed by atoms with Crippen molar-refractivity contribution in [2.75, 3.05) is 13.1 Å². The fourth-order valence-corrected chi connectivity index (χ4v) is 7.08. The van der Waals surface area contributed by atoms with E-state index in [1.165, 1.54) is 53.8 Å². The van der Waals surface area contributed by atoms with Crippen molar-refractivity contribution in [3.05, 3.63) is 46.3 Å². The lowest BCUT2D eigenvalue weighted by Gasteiger charge is -2.63. The summed E-state index contributed by atoms with van der Waals surface area (Å²) in [5.41, 5.74) is 5.10. The SMILES string of the molecule is Cc1c2c(nn1C1CC1)C[C@]13CCN(CC4CC4)[C@H](Cc4ccc(O)cc41)[C@]3(O)C2. The molecule has 4 aliphatic carbocycles. The molecule has 2 heterocycles. The molecule has 2 aromatic rings. The number of phenols is 1. The van der Waals surface area contributed by atoms with Gasteiger partial charge in [0.1, 0.15) is 5.75 Å². The molecule has 0 radical (unpaired) electrons. The van der Waals surface area contributed by atoms with Crippen molar-refractivity contribution in [1.29, 1.82) is 0 Å². The van der Waals surface area contributed by atoms with Crippen molar-refractivity contribution in [3.8, 4) is 5.75 Å². The lowest BCUT2D eigenvalue weighted by molar-refractivity contribution is -0.152. The van der Waals surface area contributed by atoms with Gasteiger partial charge in [-0.1, -0.05) is 6.07 Å². The molecule has 1 saturated heterocycles. The van der Waals surface area contributed by atoms with Gasteiger partial charge in [0.15, 0.2) is 0 Å². The first-order chi connectivity index (χ1) is 14.5. The number of phenolic OH excluding ortho intramolecular Hbond substituents is 1. The second-order valence-electron chi connectivity index (χ2n) is 10.8. The van der Waals surface area contributed by atoms with E-state index in [0.717, 1.165) is 38.3 Å². The fourth-order valence-electron chi connectivity index (χ4n) is 7.08. The highest BCUT2D eigenvalue weighted by atomic mass is 16.3. The van der Waals surface area contributed by atoms with E-state index in [1.54, 1.807) is 0 Å². The predicted molar refractivity (Wildman–Crippen MR) is 114 cm³/mol. The molecule has 1 aromatic heterocycles. The lowest BCUT2D eigenvalue weighted by atomic mass is 9.49. The van der Waals surface area contributed by atoms with Crippen LogP contribution in [0.3, 0.4) is 0 Å². The van der Waals surface area contributed by atoms with Crippen molar-refractivity contribution >= 4 is 0 Å². The van der Waals surface area contributed by atoms with Crippen molar-refractivity contribution < 1.29 is 10.2 Å². The maximum atomic E-state index is 12.6. The first-order valence-corrected chi connectivity index (χ1v) is 11.8. The number of benzene rings is 1. The zero-order chi connectivity index (χ0) is 20.3. The summed E-state index contributed by atoms with van der Waals surface area (Å²) in [6.07, 6.45) is 8.45. The van der Waals surface area contributed by atoms with Crippen molar-refractivity contribution in [2.24, 2.45) is 5.92 Å². The Hall–Kier alpha value is -1.85. The molecule has 1 aromatic carbocycles. The summed E-state index contributed by atoms with van der Waals surface area (Å²) in [5, 5.41) is 28.0. The van der Waals surface area contributed by atoms with Gasteiger partial charge in [-0.05, 0) is 86.7 Å². The molecule has 2 saturated carbocycles. The van der Waals surface area contributed by atoms with Crippen LogP contribution >= 0.6 is 0 Å². The molecule has 158 valence electrons. The van der Waals surface area contributed by atoms with Gasteiger partial charge in [0.2, 0.25) is 0 Å². The molecule has 3 atom stereocenters. The second kappa shape index (κ2) is 5.68. The number of rotatable bonds is 3. The first-order valence-electron chi connectivity index (χ1n) is 11.8. The zero-order valence-electron chi connectivity index (χ0n) is 17.8. The molecule has 5 heteroatoms. The van der Waals surface area contributed by atoms with Crippen molar-refractivity contribution in [2.45, 2.75) is 81.4 Å². The van der Waals surface area contributed by atoms with E-state index in [9.17, 15) is 10.2 Å². The number of nitrogens with zero attached hydrogens (tertiary/aromatic N) is 3. The number of aromatic hydroxyl groups is 1. The molecular weight excluding hydrogens is 374 g/mol. The minimum Gasteiger partial charge on any atom is -0.508 e. The number of likely N-dealkylation sites (tertiary alicyclic amines) is 1. The first kappa shape index (κ1) is 17.8. The maximum absolute atomic E-state index is 12.6. The van der Waals surface area contributed by atoms with Crippen molar-refractivity contribution in [3.63, 3.8) is 0 Å². The van der Waals surface area contributed by atoms with Gasteiger partial charge >= 0.3 is 0 Å². The van der Waals surface area contributed by atoms with Gasteiger partial charge in [0.05, 0.1) is 17.3 Å². The van der Waals surface area contributed by atoms with Gasteiger partial charge in [-0.25, -0.2) is 0 Å². The zero-order valence-corrected chi connectivity index (χ0v) is 17.8. The monoisotopic (exact) mass is 405 g/mol. The minimum atomic E-state index is -0.796. The standard InChI is InChI=1S/C25H31N3O2/c1-15-20-12-25(30)23-10-17-4-7-19(29)11-21(17)24(25,8-9-27(23)14-16-2-3-16)13-22(20)26-28(15)18-5-6-18/h4,7,11,16,18,23,29-30H,2-3,5-6,8-10,12-14H2,1H3/t23-,24-,25-/m1/s1. The smallest absolute Gasteiger partial charge is 0.115 e. The van der Waals surface area contributed by atoms with Crippen LogP contribution in [0.1, 0.15) is 66.2 Å². The molecule has 30 heavy (non-hydrogen) atoms. The van der Waals surface area contributed by atoms with Crippen LogP contribution in [-0.4, -0.2) is 49.6 Å². The second-order valence-corrected chi connectivity index (χ2v) is 10.8. The van der Waals surface area contributed by atoms with Gasteiger partial charge < -0.3 is 10.2 Å². The molecule has 7 rings (SSSR count). The summed E-state index contributed by atoms with van der Waals surface area (Å²) in [7, 11) is 0. The predicted octanol–water partition coefficient (Wildman–Crippen LogP) is 3.04. The number of piperidine rings is 1. The Bertz CT molecular complexity index is 1050. The molecule has 1 aliphatic heterocycles. The van der Waals surface area contributed by atoms with Crippen LogP contribution in [0.15, 0.2) is 18.2 Å². The van der Waals surface area contributed by atoms with Crippen LogP contribution in [0.4, 0.5) is 0 Å². The van der Waals surface area contributed by atoms with E-state index in [0.29, 0.717) is 18.2 Å². The summed E-state index contributed by atoms with van der Waals surface area (Å²) >= 11 is 0. The van der Waals surface area contributed by atoms with E-state index in [4.69, 9.17) is 5.10 Å². The minimum absolute atomic E-state index is 0.153. The third-order valence-electron chi connectivity index (χ3n) is 9.02. The Morgan fingerprint density at radius 3 is 2.77 bits per heavy atom. The molecule has 3 fully saturated rings. The van der Waals surface area contributed by atoms with Gasteiger partial charge in [-0.15, -0.1) is 0 Å². The summed E-state index contributed by atoms with van der Waals surface area (Å²) < 4.78 is 2.25. The molecular formula is C25H31N3O2. The Kier molecular flexibility index (Phi) is 3.37. The molecule has 0 unspecified atom stereocenters. The van der Waals surface area contributed by atoms with Crippen LogP contribution in [0, 0.1) is 12.8 Å². The molecule has 0 amide bonds. The maximum Gasteiger partial charge on any atom is 0.115 e. The molecule has 0 spiro atoms. The van der Waals surface area contributed by atoms with Gasteiger partial charge in [-0.3, -0.25) is 9.58 Å². The Morgan fingerprint density at radius 2 is 2.00 bits per heavy atom. The van der Waals surface area contributed by atoms with Crippen molar-refractivity contribution in [1.82, 2.24) is 14.7 Å². The lowest BCUT2D eigenvalue weighted by Crippen LogP contribution is -2.74. The topological polar surface area (TPSA) is 61.5 Å². The summed E-state index contributed by atoms with van der Waals surface area (Å²) in [6.45, 7) is 4.37. The Labute approximate surface area is 177 Å². The highest BCUT2D eigenvalue weighted by Gasteiger charge is 2.65. The average Bonchev–Trinajstić information content (AvgIpc) is 3.63. The number of hydrogen-bond acceptors (Lipinski definition) is 4. The van der Waals surface area contributed by atoms with E-state index >= 15 is 0 Å². The van der Waals surface area contributed by atoms with Crippen LogP contribution in [0.2, 0.25) is 0 Å². The van der Waals surface area contributed by atoms with E-state index < -0.39 is 5.60 Å². The highest BCUT2D eigenvalue weighted by molar-refractivity contribution is 5.52. The molecule has 2 bridgehead atoms. The van der Waals surface area contributed by atoms with Crippen LogP contribution in [0.25, 0.3) is 0 Å². The van der Waals surface area contributed by atoms with E-state index in [-0.39, 0.29) is 11.5 Å². The van der Waals surface area contributed by atoms with E-state index in [1.807, 2.05) is 12.1 Å². The average molecular weight is 406 g/mol. The van der Waals surface area contributed by atoms with Crippen LogP contribution in [-0.2, 0) is 24.7 Å². The summed E-state index contributed by atoms with van der Waals surface area (Å²) in [4.78, 5) is 2.61. The normalized spacial score (nSPS) is 34.9. The number of aromatic nitrogens is 2. The third kappa shape index (κ3) is 2.23. The van der Waals surface area contributed by atoms with Gasteiger partial charge in [-0.2, -0.15) is 5.10 Å². The molecule has 2 N–H and O–H groups in total. The van der Waals surface area contributed by atoms with Crippen LogP contribution < -0.4 is 0 Å². The quantitative estimate of drug-likeness (QED) is 0.824. The van der Waals surface area contributed by atoms with Gasteiger partial charge in [0.25, 0.3) is 0 Å². The number of hydrogen-bond donors (Lipinski definition) is 2. The van der Waals surface area contributed by atoms with Crippen LogP contribution in [0.5, 0.6) is 5.75 Å². The highest BCUT2D eigenvalue weighted by Crippen LogP contribution is 2.58. The van der Waals surface area contributed by atoms with E-state index in [2.05, 4.69) is 22.6 Å². The Morgan fingerprint density at radius 1 is 1.17 bits per heavy atom. The Balaban J connectivity index is 1.41. The largest absolute Gasteiger partial charge is 0.508 e. The van der Waals surface area contributed by atoms with Gasteiger partial charge in [0, 0.05) is 36.5 Å². The number of aliphatic hydroxyl groups is 1. The fraction of sp³-hybridized carbons (Fsp3) is 0.640. The summed E-state index contributed by atoms with van der Waals surface area (Å²) in [6, 6.07) is 6.58. The number of fused-ring (bicyclic) bond motifs is 2. The molecule has 5 nitrogen and oxygen atoms in total.